The van der Waals surface area contributed by atoms with E-state index in [9.17, 15) is 14.7 Å². The number of ether oxygens (including phenoxy) is 1. The summed E-state index contributed by atoms with van der Waals surface area (Å²) in [6.45, 7) is 1.74. The first-order valence-electron chi connectivity index (χ1n) is 6.68. The first kappa shape index (κ1) is 15.7. The second-order valence-corrected chi connectivity index (χ2v) is 7.25. The molecule has 2 atom stereocenters. The van der Waals surface area contributed by atoms with E-state index in [1.807, 2.05) is 23.5 Å². The summed E-state index contributed by atoms with van der Waals surface area (Å²) in [5.74, 6) is 1.67. The molecule has 0 spiro atoms. The fourth-order valence-corrected chi connectivity index (χ4v) is 4.67. The van der Waals surface area contributed by atoms with Crippen LogP contribution in [0.2, 0.25) is 0 Å². The number of carbonyl (C=O) groups is 2. The molecule has 1 amide bonds. The van der Waals surface area contributed by atoms with Crippen molar-refractivity contribution >= 4 is 35.4 Å². The van der Waals surface area contributed by atoms with Crippen molar-refractivity contribution in [2.75, 3.05) is 18.1 Å². The van der Waals surface area contributed by atoms with Crippen molar-refractivity contribution in [1.82, 2.24) is 4.90 Å². The van der Waals surface area contributed by atoms with E-state index in [-0.39, 0.29) is 12.3 Å². The Morgan fingerprint density at radius 1 is 1.50 bits per heavy atom. The number of nitrogens with zero attached hydrogens (tertiary/aromatic N) is 1. The van der Waals surface area contributed by atoms with Gasteiger partial charge in [0, 0.05) is 17.7 Å². The number of aliphatic hydroxyl groups excluding tert-OH is 1. The average molecular weight is 317 g/mol. The molecule has 0 aromatic rings. The Kier molecular flexibility index (Phi) is 5.80. The predicted molar refractivity (Wildman–Crippen MR) is 80.1 cm³/mol. The van der Waals surface area contributed by atoms with Crippen LogP contribution >= 0.6 is 23.5 Å². The second-order valence-electron chi connectivity index (χ2n) is 4.72. The summed E-state index contributed by atoms with van der Waals surface area (Å²) < 4.78 is 6.25. The smallest absolute Gasteiger partial charge is 0.303 e. The van der Waals surface area contributed by atoms with Gasteiger partial charge in [0.05, 0.1) is 6.42 Å². The van der Waals surface area contributed by atoms with Crippen molar-refractivity contribution in [1.29, 1.82) is 0 Å². The Hall–Kier alpha value is -0.660. The minimum absolute atomic E-state index is 0.0703. The van der Waals surface area contributed by atoms with Crippen LogP contribution in [0.3, 0.4) is 0 Å². The normalized spacial score (nSPS) is 26.8. The zero-order valence-corrected chi connectivity index (χ0v) is 13.0. The fraction of sp³-hybridized carbons (Fsp3) is 0.692. The third kappa shape index (κ3) is 4.17. The molecule has 2 saturated heterocycles. The molecule has 2 heterocycles. The molecule has 1 N–H and O–H groups in total. The molecule has 0 aromatic carbocycles. The van der Waals surface area contributed by atoms with E-state index in [2.05, 4.69) is 6.08 Å². The quantitative estimate of drug-likeness (QED) is 0.794. The van der Waals surface area contributed by atoms with E-state index in [0.29, 0.717) is 13.0 Å². The van der Waals surface area contributed by atoms with Gasteiger partial charge in [-0.3, -0.25) is 9.59 Å². The van der Waals surface area contributed by atoms with E-state index >= 15 is 0 Å². The van der Waals surface area contributed by atoms with Crippen molar-refractivity contribution in [3.63, 3.8) is 0 Å². The average Bonchev–Trinajstić information content (AvgIpc) is 2.67. The number of thioether (sulfide) groups is 2. The molecule has 0 bridgehead atoms. The third-order valence-electron chi connectivity index (χ3n) is 3.12. The molecule has 1 unspecified atom stereocenters. The number of hydrogen-bond acceptors (Lipinski definition) is 6. The standard InChI is InChI=1S/C13H19NO4S2/c1-9(15)18-10-8-11(16)14(13(10)17)5-2-4-12-19-6-3-7-20-12/h4,10,13,17H,2-3,5-8H2,1H3/t10-,13?/m0/s1. The molecule has 112 valence electrons. The number of hydrogen-bond donors (Lipinski definition) is 1. The van der Waals surface area contributed by atoms with Crippen molar-refractivity contribution < 1.29 is 19.4 Å². The molecule has 7 heteroatoms. The summed E-state index contributed by atoms with van der Waals surface area (Å²) >= 11 is 3.69. The van der Waals surface area contributed by atoms with Crippen molar-refractivity contribution in [2.24, 2.45) is 0 Å². The first-order valence-corrected chi connectivity index (χ1v) is 8.65. The molecule has 0 aromatic heterocycles. The van der Waals surface area contributed by atoms with Crippen LogP contribution in [-0.2, 0) is 14.3 Å². The molecule has 0 aliphatic carbocycles. The van der Waals surface area contributed by atoms with E-state index in [1.54, 1.807) is 0 Å². The third-order valence-corrected chi connectivity index (χ3v) is 5.72. The molecular weight excluding hydrogens is 298 g/mol. The maximum atomic E-state index is 11.8. The molecule has 5 nitrogen and oxygen atoms in total. The summed E-state index contributed by atoms with van der Waals surface area (Å²) in [5, 5.41) is 10.0. The van der Waals surface area contributed by atoms with Gasteiger partial charge in [0.1, 0.15) is 0 Å². The monoisotopic (exact) mass is 317 g/mol. The Morgan fingerprint density at radius 2 is 2.20 bits per heavy atom. The summed E-state index contributed by atoms with van der Waals surface area (Å²) in [5.41, 5.74) is 0. The number of aliphatic hydroxyl groups is 1. The topological polar surface area (TPSA) is 66.8 Å². The zero-order valence-electron chi connectivity index (χ0n) is 11.4. The van der Waals surface area contributed by atoms with E-state index < -0.39 is 18.3 Å². The van der Waals surface area contributed by atoms with E-state index in [1.165, 1.54) is 22.5 Å². The highest BCUT2D eigenvalue weighted by Gasteiger charge is 2.40. The molecule has 2 aliphatic rings. The van der Waals surface area contributed by atoms with Crippen molar-refractivity contribution in [3.05, 3.63) is 10.3 Å². The Morgan fingerprint density at radius 3 is 2.85 bits per heavy atom. The maximum Gasteiger partial charge on any atom is 0.303 e. The second kappa shape index (κ2) is 7.38. The van der Waals surface area contributed by atoms with Gasteiger partial charge in [-0.25, -0.2) is 0 Å². The molecular formula is C13H19NO4S2. The fourth-order valence-electron chi connectivity index (χ4n) is 2.20. The Balaban J connectivity index is 1.83. The minimum atomic E-state index is -1.02. The van der Waals surface area contributed by atoms with Gasteiger partial charge in [0.2, 0.25) is 5.91 Å². The summed E-state index contributed by atoms with van der Waals surface area (Å²) in [6, 6.07) is 0. The lowest BCUT2D eigenvalue weighted by atomic mass is 10.3. The highest BCUT2D eigenvalue weighted by molar-refractivity contribution is 8.22. The molecule has 0 saturated carbocycles. The largest absolute Gasteiger partial charge is 0.457 e. The minimum Gasteiger partial charge on any atom is -0.457 e. The van der Waals surface area contributed by atoms with Gasteiger partial charge < -0.3 is 14.7 Å². The van der Waals surface area contributed by atoms with Crippen LogP contribution in [0, 0.1) is 0 Å². The lowest BCUT2D eigenvalue weighted by molar-refractivity contribution is -0.155. The van der Waals surface area contributed by atoms with Crippen LogP contribution in [-0.4, -0.2) is 52.3 Å². The SMILES string of the molecule is CC(=O)O[C@H]1CC(=O)N(CCC=C2SCCCS2)C1O. The van der Waals surface area contributed by atoms with Gasteiger partial charge in [-0.1, -0.05) is 6.08 Å². The highest BCUT2D eigenvalue weighted by Crippen LogP contribution is 2.34. The lowest BCUT2D eigenvalue weighted by Gasteiger charge is -2.22. The van der Waals surface area contributed by atoms with Crippen LogP contribution in [0.25, 0.3) is 0 Å². The number of carbonyl (C=O) groups excluding carboxylic acids is 2. The van der Waals surface area contributed by atoms with Crippen LogP contribution in [0.5, 0.6) is 0 Å². The van der Waals surface area contributed by atoms with Crippen molar-refractivity contribution in [2.45, 2.75) is 38.5 Å². The van der Waals surface area contributed by atoms with Crippen LogP contribution < -0.4 is 0 Å². The predicted octanol–water partition coefficient (Wildman–Crippen LogP) is 1.57. The van der Waals surface area contributed by atoms with Gasteiger partial charge in [0.15, 0.2) is 12.3 Å². The number of esters is 1. The molecule has 2 aliphatic heterocycles. The van der Waals surface area contributed by atoms with Gasteiger partial charge in [-0.15, -0.1) is 23.5 Å². The lowest BCUT2D eigenvalue weighted by Crippen LogP contribution is -2.38. The van der Waals surface area contributed by atoms with E-state index in [0.717, 1.165) is 11.5 Å². The summed E-state index contributed by atoms with van der Waals surface area (Å²) in [6.07, 6.45) is 2.39. The van der Waals surface area contributed by atoms with Crippen molar-refractivity contribution in [3.8, 4) is 0 Å². The van der Waals surface area contributed by atoms with Gasteiger partial charge in [-0.2, -0.15) is 0 Å². The molecule has 0 radical (unpaired) electrons. The van der Waals surface area contributed by atoms with Gasteiger partial charge in [-0.05, 0) is 24.3 Å². The highest BCUT2D eigenvalue weighted by atomic mass is 32.2. The Labute approximate surface area is 127 Å². The molecule has 2 fully saturated rings. The van der Waals surface area contributed by atoms with Gasteiger partial charge >= 0.3 is 5.97 Å². The van der Waals surface area contributed by atoms with Crippen LogP contribution in [0.15, 0.2) is 10.3 Å². The maximum absolute atomic E-state index is 11.8. The molecule has 20 heavy (non-hydrogen) atoms. The van der Waals surface area contributed by atoms with Crippen LogP contribution in [0.1, 0.15) is 26.2 Å². The van der Waals surface area contributed by atoms with Crippen LogP contribution in [0.4, 0.5) is 0 Å². The summed E-state index contributed by atoms with van der Waals surface area (Å²) in [7, 11) is 0. The number of likely N-dealkylation sites (tertiary alicyclic amines) is 1. The molecule has 2 rings (SSSR count). The Bertz CT molecular complexity index is 405. The van der Waals surface area contributed by atoms with E-state index in [4.69, 9.17) is 4.74 Å². The zero-order chi connectivity index (χ0) is 14.5. The van der Waals surface area contributed by atoms with Gasteiger partial charge in [0.25, 0.3) is 0 Å². The number of amides is 1. The first-order chi connectivity index (χ1) is 9.58. The summed E-state index contributed by atoms with van der Waals surface area (Å²) in [4.78, 5) is 24.1. The number of rotatable bonds is 4.